The summed E-state index contributed by atoms with van der Waals surface area (Å²) in [5, 5.41) is 11.1. The smallest absolute Gasteiger partial charge is 0.295 e. The molecule has 6 nitrogen and oxygen atoms in total. The van der Waals surface area contributed by atoms with Crippen LogP contribution in [0.25, 0.3) is 0 Å². The molecule has 2 atom stereocenters. The Hall–Kier alpha value is -1.89. The fourth-order valence-corrected chi connectivity index (χ4v) is 2.68. The molecule has 1 aromatic carbocycles. The second-order valence-electron chi connectivity index (χ2n) is 5.24. The predicted octanol–water partition coefficient (Wildman–Crippen LogP) is 1.92. The largest absolute Gasteiger partial charge is 0.494 e. The highest BCUT2D eigenvalue weighted by atomic mass is 19.1. The molecule has 1 aliphatic rings. The van der Waals surface area contributed by atoms with Crippen molar-refractivity contribution in [3.05, 3.63) is 28.1 Å². The van der Waals surface area contributed by atoms with E-state index in [4.69, 9.17) is 10.5 Å². The van der Waals surface area contributed by atoms with E-state index < -0.39 is 10.7 Å². The molecule has 0 radical (unpaired) electrons. The summed E-state index contributed by atoms with van der Waals surface area (Å²) in [7, 11) is 1.33. The lowest BCUT2D eigenvalue weighted by molar-refractivity contribution is -0.384. The van der Waals surface area contributed by atoms with Gasteiger partial charge in [-0.15, -0.1) is 0 Å². The van der Waals surface area contributed by atoms with Gasteiger partial charge >= 0.3 is 0 Å². The van der Waals surface area contributed by atoms with Crippen LogP contribution in [-0.4, -0.2) is 31.2 Å². The summed E-state index contributed by atoms with van der Waals surface area (Å²) in [6, 6.07) is 2.23. The van der Waals surface area contributed by atoms with Gasteiger partial charge in [-0.2, -0.15) is 0 Å². The van der Waals surface area contributed by atoms with Crippen molar-refractivity contribution in [2.45, 2.75) is 19.4 Å². The van der Waals surface area contributed by atoms with Gasteiger partial charge < -0.3 is 15.4 Å². The molecular formula is C13H18FN3O3. The van der Waals surface area contributed by atoms with Crippen LogP contribution in [0.1, 0.15) is 13.3 Å². The number of nitro benzene ring substituents is 1. The van der Waals surface area contributed by atoms with Crippen molar-refractivity contribution in [1.29, 1.82) is 0 Å². The van der Waals surface area contributed by atoms with Crippen LogP contribution in [0.2, 0.25) is 0 Å². The number of methoxy groups -OCH3 is 1. The molecule has 0 amide bonds. The number of nitrogens with zero attached hydrogens (tertiary/aromatic N) is 2. The Morgan fingerprint density at radius 3 is 2.75 bits per heavy atom. The highest BCUT2D eigenvalue weighted by molar-refractivity contribution is 5.66. The van der Waals surface area contributed by atoms with E-state index in [-0.39, 0.29) is 17.5 Å². The number of hydrogen-bond acceptors (Lipinski definition) is 5. The minimum Gasteiger partial charge on any atom is -0.494 e. The first-order chi connectivity index (χ1) is 9.42. The monoisotopic (exact) mass is 283 g/mol. The molecule has 2 rings (SSSR count). The molecule has 0 bridgehead atoms. The summed E-state index contributed by atoms with van der Waals surface area (Å²) in [6.45, 7) is 3.21. The molecule has 0 aliphatic carbocycles. The summed E-state index contributed by atoms with van der Waals surface area (Å²) < 4.78 is 18.5. The zero-order valence-corrected chi connectivity index (χ0v) is 11.5. The normalized spacial score (nSPS) is 22.7. The SMILES string of the molecule is COc1cc(N2CC(C)CC(N)C2)c([N+](=O)[O-])cc1F. The van der Waals surface area contributed by atoms with Gasteiger partial charge in [-0.25, -0.2) is 4.39 Å². The van der Waals surface area contributed by atoms with E-state index >= 15 is 0 Å². The molecule has 0 spiro atoms. The molecule has 2 unspecified atom stereocenters. The Kier molecular flexibility index (Phi) is 4.08. The zero-order chi connectivity index (χ0) is 14.9. The summed E-state index contributed by atoms with van der Waals surface area (Å²) in [6.07, 6.45) is 0.878. The molecular weight excluding hydrogens is 265 g/mol. The predicted molar refractivity (Wildman–Crippen MR) is 73.6 cm³/mol. The Morgan fingerprint density at radius 2 is 2.20 bits per heavy atom. The molecule has 20 heavy (non-hydrogen) atoms. The number of piperidine rings is 1. The van der Waals surface area contributed by atoms with Crippen molar-refractivity contribution >= 4 is 11.4 Å². The van der Waals surface area contributed by atoms with Crippen molar-refractivity contribution in [3.63, 3.8) is 0 Å². The van der Waals surface area contributed by atoms with E-state index in [1.54, 1.807) is 0 Å². The van der Waals surface area contributed by atoms with E-state index in [2.05, 4.69) is 0 Å². The van der Waals surface area contributed by atoms with Crippen LogP contribution in [-0.2, 0) is 0 Å². The molecule has 1 aromatic rings. The number of halogens is 1. The lowest BCUT2D eigenvalue weighted by Crippen LogP contribution is -2.46. The molecule has 110 valence electrons. The average Bonchev–Trinajstić information content (AvgIpc) is 2.37. The number of hydrogen-bond donors (Lipinski definition) is 1. The van der Waals surface area contributed by atoms with Crippen LogP contribution in [0.4, 0.5) is 15.8 Å². The van der Waals surface area contributed by atoms with Gasteiger partial charge in [-0.05, 0) is 12.3 Å². The standard InChI is InChI=1S/C13H18FN3O3/c1-8-3-9(15)7-16(6-8)11-5-13(20-2)10(14)4-12(11)17(18)19/h4-5,8-9H,3,6-7,15H2,1-2H3. The third kappa shape index (κ3) is 2.82. The van der Waals surface area contributed by atoms with Crippen LogP contribution in [0.15, 0.2) is 12.1 Å². The first-order valence-electron chi connectivity index (χ1n) is 6.44. The van der Waals surface area contributed by atoms with E-state index in [1.807, 2.05) is 11.8 Å². The third-order valence-corrected chi connectivity index (χ3v) is 3.48. The summed E-state index contributed by atoms with van der Waals surface area (Å²) >= 11 is 0. The maximum atomic E-state index is 13.6. The average molecular weight is 283 g/mol. The number of rotatable bonds is 3. The number of nitro groups is 1. The first-order valence-corrected chi connectivity index (χ1v) is 6.44. The van der Waals surface area contributed by atoms with E-state index in [0.29, 0.717) is 24.7 Å². The highest BCUT2D eigenvalue weighted by Gasteiger charge is 2.29. The van der Waals surface area contributed by atoms with Crippen molar-refractivity contribution in [2.75, 3.05) is 25.1 Å². The minimum absolute atomic E-state index is 0.00241. The van der Waals surface area contributed by atoms with Gasteiger partial charge in [-0.1, -0.05) is 6.92 Å². The maximum Gasteiger partial charge on any atom is 0.295 e. The minimum atomic E-state index is -0.739. The summed E-state index contributed by atoms with van der Waals surface area (Å²) in [5.41, 5.74) is 6.06. The van der Waals surface area contributed by atoms with Gasteiger partial charge in [0.05, 0.1) is 18.1 Å². The van der Waals surface area contributed by atoms with Crippen LogP contribution >= 0.6 is 0 Å². The highest BCUT2D eigenvalue weighted by Crippen LogP contribution is 2.36. The second-order valence-corrected chi connectivity index (χ2v) is 5.24. The van der Waals surface area contributed by atoms with Gasteiger partial charge in [-0.3, -0.25) is 10.1 Å². The second kappa shape index (κ2) is 5.62. The van der Waals surface area contributed by atoms with Crippen LogP contribution in [0.5, 0.6) is 5.75 Å². The van der Waals surface area contributed by atoms with Gasteiger partial charge in [0.15, 0.2) is 11.6 Å². The lowest BCUT2D eigenvalue weighted by atomic mass is 9.96. The first kappa shape index (κ1) is 14.5. The Bertz CT molecular complexity index is 514. The molecule has 0 saturated carbocycles. The third-order valence-electron chi connectivity index (χ3n) is 3.48. The fourth-order valence-electron chi connectivity index (χ4n) is 2.68. The van der Waals surface area contributed by atoms with Gasteiger partial charge in [0, 0.05) is 25.2 Å². The van der Waals surface area contributed by atoms with Gasteiger partial charge in [0.1, 0.15) is 5.69 Å². The molecule has 2 N–H and O–H groups in total. The maximum absolute atomic E-state index is 13.6. The Balaban J connectivity index is 2.45. The number of benzene rings is 1. The van der Waals surface area contributed by atoms with E-state index in [9.17, 15) is 14.5 Å². The van der Waals surface area contributed by atoms with E-state index in [1.165, 1.54) is 13.2 Å². The summed E-state index contributed by atoms with van der Waals surface area (Å²) in [4.78, 5) is 12.4. The fraction of sp³-hybridized carbons (Fsp3) is 0.538. The van der Waals surface area contributed by atoms with Crippen molar-refractivity contribution in [1.82, 2.24) is 0 Å². The molecule has 1 heterocycles. The number of anilines is 1. The van der Waals surface area contributed by atoms with E-state index in [0.717, 1.165) is 12.5 Å². The quantitative estimate of drug-likeness (QED) is 0.677. The van der Waals surface area contributed by atoms with Crippen molar-refractivity contribution < 1.29 is 14.1 Å². The lowest BCUT2D eigenvalue weighted by Gasteiger charge is -2.36. The molecule has 1 aliphatic heterocycles. The van der Waals surface area contributed by atoms with Crippen LogP contribution in [0.3, 0.4) is 0 Å². The molecule has 7 heteroatoms. The van der Waals surface area contributed by atoms with Crippen LogP contribution < -0.4 is 15.4 Å². The van der Waals surface area contributed by atoms with Gasteiger partial charge in [0.2, 0.25) is 0 Å². The zero-order valence-electron chi connectivity index (χ0n) is 11.5. The van der Waals surface area contributed by atoms with Gasteiger partial charge in [0.25, 0.3) is 5.69 Å². The van der Waals surface area contributed by atoms with Crippen LogP contribution in [0, 0.1) is 21.8 Å². The number of nitrogens with two attached hydrogens (primary N) is 1. The Labute approximate surface area is 116 Å². The number of ether oxygens (including phenoxy) is 1. The molecule has 1 fully saturated rings. The Morgan fingerprint density at radius 1 is 1.50 bits per heavy atom. The summed E-state index contributed by atoms with van der Waals surface area (Å²) in [5.74, 6) is -0.413. The molecule has 1 saturated heterocycles. The van der Waals surface area contributed by atoms with Crippen molar-refractivity contribution in [2.24, 2.45) is 11.7 Å². The topological polar surface area (TPSA) is 81.6 Å². The molecule has 0 aromatic heterocycles. The van der Waals surface area contributed by atoms with Crippen molar-refractivity contribution in [3.8, 4) is 5.75 Å².